The van der Waals surface area contributed by atoms with Crippen molar-refractivity contribution in [2.24, 2.45) is 0 Å². The Bertz CT molecular complexity index is 797. The van der Waals surface area contributed by atoms with E-state index >= 15 is 0 Å². The number of rotatable bonds is 1. The lowest BCUT2D eigenvalue weighted by Gasteiger charge is -2.28. The molecule has 0 saturated carbocycles. The zero-order valence-corrected chi connectivity index (χ0v) is 12.7. The fourth-order valence-electron chi connectivity index (χ4n) is 3.11. The van der Waals surface area contributed by atoms with E-state index in [0.29, 0.717) is 10.6 Å². The third kappa shape index (κ3) is 2.28. The average Bonchev–Trinajstić information content (AvgIpc) is 2.82. The standard InChI is InChI=1S/C18H15ClN2O/c19-14-5-6-15-16(18(22)20-17(15)9-14)11-21-8-7-12-3-1-2-4-13(12)10-21/h1-6,9,11H,7-8,10H2,(H,20,22)/b16-11+. The van der Waals surface area contributed by atoms with Gasteiger partial charge in [0.05, 0.1) is 11.3 Å². The lowest BCUT2D eigenvalue weighted by molar-refractivity contribution is -0.110. The quantitative estimate of drug-likeness (QED) is 0.815. The van der Waals surface area contributed by atoms with E-state index in [9.17, 15) is 4.79 Å². The van der Waals surface area contributed by atoms with Gasteiger partial charge in [-0.25, -0.2) is 0 Å². The Morgan fingerprint density at radius 1 is 1.14 bits per heavy atom. The van der Waals surface area contributed by atoms with Crippen molar-refractivity contribution in [1.82, 2.24) is 4.90 Å². The lowest BCUT2D eigenvalue weighted by atomic mass is 10.00. The summed E-state index contributed by atoms with van der Waals surface area (Å²) >= 11 is 5.99. The van der Waals surface area contributed by atoms with Crippen LogP contribution in [0.25, 0.3) is 5.57 Å². The fraction of sp³-hybridized carbons (Fsp3) is 0.167. The van der Waals surface area contributed by atoms with Crippen molar-refractivity contribution in [2.75, 3.05) is 11.9 Å². The average molecular weight is 311 g/mol. The number of anilines is 1. The number of hydrogen-bond donors (Lipinski definition) is 1. The molecule has 22 heavy (non-hydrogen) atoms. The van der Waals surface area contributed by atoms with Gasteiger partial charge in [-0.1, -0.05) is 41.9 Å². The number of nitrogens with zero attached hydrogens (tertiary/aromatic N) is 1. The summed E-state index contributed by atoms with van der Waals surface area (Å²) in [6.07, 6.45) is 2.99. The molecule has 4 rings (SSSR count). The highest BCUT2D eigenvalue weighted by Gasteiger charge is 2.25. The molecular weight excluding hydrogens is 296 g/mol. The van der Waals surface area contributed by atoms with Crippen molar-refractivity contribution in [3.05, 3.63) is 70.4 Å². The van der Waals surface area contributed by atoms with Crippen LogP contribution in [0.4, 0.5) is 5.69 Å². The van der Waals surface area contributed by atoms with E-state index in [1.54, 1.807) is 6.07 Å². The molecule has 2 aromatic carbocycles. The first kappa shape index (κ1) is 13.4. The molecule has 0 bridgehead atoms. The van der Waals surface area contributed by atoms with Gasteiger partial charge in [0.25, 0.3) is 5.91 Å². The van der Waals surface area contributed by atoms with Crippen LogP contribution in [0.1, 0.15) is 16.7 Å². The molecule has 2 aliphatic rings. The van der Waals surface area contributed by atoms with Gasteiger partial charge >= 0.3 is 0 Å². The molecule has 0 fully saturated rings. The van der Waals surface area contributed by atoms with E-state index < -0.39 is 0 Å². The smallest absolute Gasteiger partial charge is 0.257 e. The van der Waals surface area contributed by atoms with E-state index in [0.717, 1.165) is 30.8 Å². The highest BCUT2D eigenvalue weighted by Crippen LogP contribution is 2.34. The number of halogens is 1. The van der Waals surface area contributed by atoms with Crippen LogP contribution in [0.5, 0.6) is 0 Å². The van der Waals surface area contributed by atoms with Crippen LogP contribution in [0.3, 0.4) is 0 Å². The first-order chi connectivity index (χ1) is 10.7. The van der Waals surface area contributed by atoms with Crippen molar-refractivity contribution in [3.63, 3.8) is 0 Å². The van der Waals surface area contributed by atoms with Gasteiger partial charge in [0.1, 0.15) is 0 Å². The van der Waals surface area contributed by atoms with Crippen LogP contribution in [0.15, 0.2) is 48.7 Å². The zero-order chi connectivity index (χ0) is 15.1. The topological polar surface area (TPSA) is 32.3 Å². The van der Waals surface area contributed by atoms with Crippen LogP contribution < -0.4 is 5.32 Å². The number of amides is 1. The van der Waals surface area contributed by atoms with Crippen molar-refractivity contribution in [3.8, 4) is 0 Å². The summed E-state index contributed by atoms with van der Waals surface area (Å²) in [5, 5.41) is 3.51. The van der Waals surface area contributed by atoms with Crippen LogP contribution in [0, 0.1) is 0 Å². The van der Waals surface area contributed by atoms with Gasteiger partial charge in [0, 0.05) is 29.9 Å². The van der Waals surface area contributed by atoms with E-state index in [4.69, 9.17) is 11.6 Å². The second kappa shape index (κ2) is 5.18. The summed E-state index contributed by atoms with van der Waals surface area (Å²) < 4.78 is 0. The Balaban J connectivity index is 1.66. The molecule has 110 valence electrons. The molecule has 0 aliphatic carbocycles. The Hall–Kier alpha value is -2.26. The number of carbonyl (C=O) groups excluding carboxylic acids is 1. The second-order valence-electron chi connectivity index (χ2n) is 5.68. The second-order valence-corrected chi connectivity index (χ2v) is 6.11. The summed E-state index contributed by atoms with van der Waals surface area (Å²) in [6, 6.07) is 14.0. The highest BCUT2D eigenvalue weighted by molar-refractivity contribution is 6.34. The van der Waals surface area contributed by atoms with Crippen molar-refractivity contribution in [1.29, 1.82) is 0 Å². The van der Waals surface area contributed by atoms with E-state index in [1.165, 1.54) is 11.1 Å². The fourth-order valence-corrected chi connectivity index (χ4v) is 3.28. The minimum absolute atomic E-state index is 0.0591. The van der Waals surface area contributed by atoms with Crippen LogP contribution in [0.2, 0.25) is 5.02 Å². The first-order valence-electron chi connectivity index (χ1n) is 7.34. The monoisotopic (exact) mass is 310 g/mol. The Labute approximate surface area is 134 Å². The van der Waals surface area contributed by atoms with E-state index in [2.05, 4.69) is 34.5 Å². The molecule has 0 radical (unpaired) electrons. The van der Waals surface area contributed by atoms with Gasteiger partial charge in [0.2, 0.25) is 0 Å². The van der Waals surface area contributed by atoms with Crippen molar-refractivity contribution < 1.29 is 4.79 Å². The van der Waals surface area contributed by atoms with Crippen LogP contribution in [-0.2, 0) is 17.8 Å². The molecule has 0 spiro atoms. The Morgan fingerprint density at radius 2 is 1.95 bits per heavy atom. The van der Waals surface area contributed by atoms with Gasteiger partial charge in [-0.05, 0) is 29.7 Å². The molecule has 2 heterocycles. The third-order valence-electron chi connectivity index (χ3n) is 4.24. The SMILES string of the molecule is O=C1Nc2cc(Cl)ccc2/C1=C\N1CCc2ccccc2C1. The number of carbonyl (C=O) groups is 1. The third-order valence-corrected chi connectivity index (χ3v) is 4.47. The predicted octanol–water partition coefficient (Wildman–Crippen LogP) is 3.69. The summed E-state index contributed by atoms with van der Waals surface area (Å²) in [4.78, 5) is 14.4. The maximum Gasteiger partial charge on any atom is 0.257 e. The Morgan fingerprint density at radius 3 is 2.82 bits per heavy atom. The number of fused-ring (bicyclic) bond motifs is 2. The summed E-state index contributed by atoms with van der Waals surface area (Å²) in [7, 11) is 0. The number of benzene rings is 2. The normalized spacial score (nSPS) is 18.1. The molecule has 0 aromatic heterocycles. The molecule has 1 amide bonds. The molecular formula is C18H15ClN2O. The summed E-state index contributed by atoms with van der Waals surface area (Å²) in [5.41, 5.74) is 5.17. The van der Waals surface area contributed by atoms with Crippen LogP contribution in [-0.4, -0.2) is 17.4 Å². The van der Waals surface area contributed by atoms with Gasteiger partial charge in [-0.2, -0.15) is 0 Å². The number of hydrogen-bond acceptors (Lipinski definition) is 2. The molecule has 2 aromatic rings. The molecule has 0 saturated heterocycles. The Kier molecular flexibility index (Phi) is 3.16. The molecule has 2 aliphatic heterocycles. The summed E-state index contributed by atoms with van der Waals surface area (Å²) in [5.74, 6) is -0.0591. The highest BCUT2D eigenvalue weighted by atomic mass is 35.5. The minimum Gasteiger partial charge on any atom is -0.372 e. The van der Waals surface area contributed by atoms with Gasteiger partial charge in [0.15, 0.2) is 0 Å². The van der Waals surface area contributed by atoms with Gasteiger partial charge in [-0.3, -0.25) is 4.79 Å². The minimum atomic E-state index is -0.0591. The van der Waals surface area contributed by atoms with Crippen molar-refractivity contribution in [2.45, 2.75) is 13.0 Å². The van der Waals surface area contributed by atoms with E-state index in [1.807, 2.05) is 18.3 Å². The largest absolute Gasteiger partial charge is 0.372 e. The number of nitrogens with one attached hydrogen (secondary N) is 1. The van der Waals surface area contributed by atoms with E-state index in [-0.39, 0.29) is 5.91 Å². The zero-order valence-electron chi connectivity index (χ0n) is 12.0. The molecule has 0 unspecified atom stereocenters. The van der Waals surface area contributed by atoms with Crippen LogP contribution >= 0.6 is 11.6 Å². The molecule has 1 N–H and O–H groups in total. The lowest BCUT2D eigenvalue weighted by Crippen LogP contribution is -2.26. The maximum absolute atomic E-state index is 12.2. The van der Waals surface area contributed by atoms with Crippen molar-refractivity contribution >= 4 is 28.8 Å². The maximum atomic E-state index is 12.2. The van der Waals surface area contributed by atoms with Gasteiger partial charge < -0.3 is 10.2 Å². The summed E-state index contributed by atoms with van der Waals surface area (Å²) in [6.45, 7) is 1.77. The molecule has 0 atom stereocenters. The molecule has 4 heteroatoms. The molecule has 3 nitrogen and oxygen atoms in total. The van der Waals surface area contributed by atoms with Gasteiger partial charge in [-0.15, -0.1) is 0 Å². The predicted molar refractivity (Wildman–Crippen MR) is 88.6 cm³/mol. The first-order valence-corrected chi connectivity index (χ1v) is 7.72.